The number of carbonyl (C=O) groups excluding carboxylic acids is 1. The maximum Gasteiger partial charge on any atom is 0.319 e. The second-order valence-electron chi connectivity index (χ2n) is 5.67. The minimum atomic E-state index is -0.592. The first-order valence-electron chi connectivity index (χ1n) is 7.50. The average molecular weight is 368 g/mol. The molecule has 4 nitrogen and oxygen atoms in total. The van der Waals surface area contributed by atoms with Crippen molar-refractivity contribution in [2.45, 2.75) is 12.5 Å². The van der Waals surface area contributed by atoms with Gasteiger partial charge in [0, 0.05) is 23.8 Å². The highest BCUT2D eigenvalue weighted by molar-refractivity contribution is 6.35. The zero-order valence-corrected chi connectivity index (χ0v) is 14.3. The molecule has 7 heteroatoms. The van der Waals surface area contributed by atoms with Gasteiger partial charge in [0.15, 0.2) is 0 Å². The van der Waals surface area contributed by atoms with Gasteiger partial charge < -0.3 is 10.6 Å². The summed E-state index contributed by atoms with van der Waals surface area (Å²) in [6, 6.07) is 10.5. The highest BCUT2D eigenvalue weighted by Crippen LogP contribution is 2.33. The average Bonchev–Trinajstić information content (AvgIpc) is 3.00. The predicted molar refractivity (Wildman–Crippen MR) is 95.5 cm³/mol. The molecule has 3 rings (SSSR count). The van der Waals surface area contributed by atoms with Crippen LogP contribution in [0.15, 0.2) is 42.5 Å². The monoisotopic (exact) mass is 367 g/mol. The fourth-order valence-electron chi connectivity index (χ4n) is 3.03. The van der Waals surface area contributed by atoms with Gasteiger partial charge in [-0.05, 0) is 42.8 Å². The summed E-state index contributed by atoms with van der Waals surface area (Å²) >= 11 is 12.2. The van der Waals surface area contributed by atoms with Crippen LogP contribution in [0.5, 0.6) is 0 Å². The number of carbonyl (C=O) groups is 1. The molecular formula is C17H16Cl2FN3O. The molecule has 1 aliphatic rings. The molecule has 2 aromatic carbocycles. The molecule has 2 N–H and O–H groups in total. The molecule has 1 saturated heterocycles. The van der Waals surface area contributed by atoms with Crippen molar-refractivity contribution in [1.29, 1.82) is 0 Å². The number of primary amides is 1. The molecule has 1 heterocycles. The fraction of sp³-hybridized carbons (Fsp3) is 0.235. The van der Waals surface area contributed by atoms with E-state index in [4.69, 9.17) is 28.9 Å². The highest BCUT2D eigenvalue weighted by Gasteiger charge is 2.32. The molecule has 2 aromatic rings. The van der Waals surface area contributed by atoms with Crippen molar-refractivity contribution in [3.05, 3.63) is 58.3 Å². The quantitative estimate of drug-likeness (QED) is 0.879. The van der Waals surface area contributed by atoms with Crippen LogP contribution >= 0.6 is 23.2 Å². The van der Waals surface area contributed by atoms with Crippen LogP contribution in [0, 0.1) is 5.82 Å². The number of nitrogens with two attached hydrogens (primary N) is 1. The Kier molecular flexibility index (Phi) is 4.83. The molecule has 24 heavy (non-hydrogen) atoms. The van der Waals surface area contributed by atoms with Crippen LogP contribution in [0.25, 0.3) is 0 Å². The largest absolute Gasteiger partial charge is 0.369 e. The Bertz CT molecular complexity index is 771. The number of urea groups is 1. The molecule has 0 bridgehead atoms. The number of hydrogen-bond acceptors (Lipinski definition) is 2. The Morgan fingerprint density at radius 1 is 1.25 bits per heavy atom. The lowest BCUT2D eigenvalue weighted by atomic mass is 10.2. The number of benzene rings is 2. The van der Waals surface area contributed by atoms with E-state index in [1.165, 1.54) is 17.0 Å². The first-order valence-corrected chi connectivity index (χ1v) is 8.25. The van der Waals surface area contributed by atoms with Gasteiger partial charge in [-0.1, -0.05) is 29.3 Å². The molecule has 0 aromatic heterocycles. The third kappa shape index (κ3) is 3.42. The molecule has 0 spiro atoms. The summed E-state index contributed by atoms with van der Waals surface area (Å²) in [6.45, 7) is 1.23. The van der Waals surface area contributed by atoms with E-state index in [1.807, 2.05) is 11.0 Å². The summed E-state index contributed by atoms with van der Waals surface area (Å²) in [4.78, 5) is 15.5. The number of anilines is 2. The van der Waals surface area contributed by atoms with Gasteiger partial charge in [0.05, 0.1) is 16.8 Å². The molecule has 2 amide bonds. The standard InChI is InChI=1S/C17H16Cl2FN3O/c18-11-4-5-15(19)16(8-11)23(17(21)24)14-6-7-22(10-14)13-3-1-2-12(20)9-13/h1-5,8-9,14H,6-7,10H2,(H2,21,24)/t14-/m1/s1. The van der Waals surface area contributed by atoms with Gasteiger partial charge in [-0.15, -0.1) is 0 Å². The molecule has 1 fully saturated rings. The topological polar surface area (TPSA) is 49.6 Å². The normalized spacial score (nSPS) is 17.1. The maximum absolute atomic E-state index is 13.4. The van der Waals surface area contributed by atoms with Gasteiger partial charge in [0.25, 0.3) is 0 Å². The van der Waals surface area contributed by atoms with Gasteiger partial charge in [-0.2, -0.15) is 0 Å². The molecule has 1 aliphatic heterocycles. The number of hydrogen-bond donors (Lipinski definition) is 1. The van der Waals surface area contributed by atoms with Crippen LogP contribution in [-0.2, 0) is 0 Å². The fourth-order valence-corrected chi connectivity index (χ4v) is 3.40. The number of amides is 2. The van der Waals surface area contributed by atoms with E-state index in [2.05, 4.69) is 0 Å². The van der Waals surface area contributed by atoms with Gasteiger partial charge >= 0.3 is 6.03 Å². The van der Waals surface area contributed by atoms with Crippen LogP contribution in [0.2, 0.25) is 10.0 Å². The van der Waals surface area contributed by atoms with Crippen LogP contribution in [0.1, 0.15) is 6.42 Å². The summed E-state index contributed by atoms with van der Waals surface area (Å²) in [5, 5.41) is 0.878. The summed E-state index contributed by atoms with van der Waals surface area (Å²) in [5.41, 5.74) is 6.85. The lowest BCUT2D eigenvalue weighted by Gasteiger charge is -2.28. The molecule has 0 aliphatic carbocycles. The Morgan fingerprint density at radius 2 is 2.04 bits per heavy atom. The van der Waals surface area contributed by atoms with Crippen molar-refractivity contribution in [2.75, 3.05) is 22.9 Å². The minimum Gasteiger partial charge on any atom is -0.369 e. The molecule has 126 valence electrons. The predicted octanol–water partition coefficient (Wildman–Crippen LogP) is 4.30. The SMILES string of the molecule is NC(=O)N(c1cc(Cl)ccc1Cl)[C@@H]1CCN(c2cccc(F)c2)C1. The van der Waals surface area contributed by atoms with Crippen molar-refractivity contribution in [1.82, 2.24) is 0 Å². The van der Waals surface area contributed by atoms with Crippen molar-refractivity contribution in [2.24, 2.45) is 5.73 Å². The van der Waals surface area contributed by atoms with E-state index >= 15 is 0 Å². The van der Waals surface area contributed by atoms with E-state index in [-0.39, 0.29) is 11.9 Å². The third-order valence-electron chi connectivity index (χ3n) is 4.11. The van der Waals surface area contributed by atoms with Crippen LogP contribution in [-0.4, -0.2) is 25.2 Å². The molecule has 0 saturated carbocycles. The zero-order chi connectivity index (χ0) is 17.3. The van der Waals surface area contributed by atoms with E-state index in [0.717, 1.165) is 5.69 Å². The highest BCUT2D eigenvalue weighted by atomic mass is 35.5. The van der Waals surface area contributed by atoms with Crippen molar-refractivity contribution in [3.63, 3.8) is 0 Å². The van der Waals surface area contributed by atoms with Gasteiger partial charge in [-0.3, -0.25) is 4.90 Å². The third-order valence-corrected chi connectivity index (χ3v) is 4.66. The summed E-state index contributed by atoms with van der Waals surface area (Å²) < 4.78 is 13.4. The molecule has 1 atom stereocenters. The van der Waals surface area contributed by atoms with Crippen LogP contribution < -0.4 is 15.5 Å². The van der Waals surface area contributed by atoms with Gasteiger partial charge in [-0.25, -0.2) is 9.18 Å². The second kappa shape index (κ2) is 6.87. The second-order valence-corrected chi connectivity index (χ2v) is 6.52. The zero-order valence-electron chi connectivity index (χ0n) is 12.8. The van der Waals surface area contributed by atoms with Crippen molar-refractivity contribution < 1.29 is 9.18 Å². The smallest absolute Gasteiger partial charge is 0.319 e. The number of rotatable bonds is 3. The van der Waals surface area contributed by atoms with E-state index in [9.17, 15) is 9.18 Å². The Morgan fingerprint density at radius 3 is 2.75 bits per heavy atom. The maximum atomic E-state index is 13.4. The molecular weight excluding hydrogens is 352 g/mol. The molecule has 0 unspecified atom stereocenters. The Labute approximate surface area is 149 Å². The van der Waals surface area contributed by atoms with E-state index in [1.54, 1.807) is 24.3 Å². The number of halogens is 3. The van der Waals surface area contributed by atoms with Gasteiger partial charge in [0.2, 0.25) is 0 Å². The van der Waals surface area contributed by atoms with E-state index < -0.39 is 6.03 Å². The minimum absolute atomic E-state index is 0.165. The number of nitrogens with zero attached hydrogens (tertiary/aromatic N) is 2. The lowest BCUT2D eigenvalue weighted by Crippen LogP contribution is -2.45. The first-order chi connectivity index (χ1) is 11.5. The summed E-state index contributed by atoms with van der Waals surface area (Å²) in [6.07, 6.45) is 0.697. The van der Waals surface area contributed by atoms with Crippen molar-refractivity contribution in [3.8, 4) is 0 Å². The van der Waals surface area contributed by atoms with E-state index in [0.29, 0.717) is 35.2 Å². The van der Waals surface area contributed by atoms with Gasteiger partial charge in [0.1, 0.15) is 5.82 Å². The summed E-state index contributed by atoms with van der Waals surface area (Å²) in [7, 11) is 0. The lowest BCUT2D eigenvalue weighted by molar-refractivity contribution is 0.252. The molecule has 0 radical (unpaired) electrons. The Hall–Kier alpha value is -1.98. The van der Waals surface area contributed by atoms with Crippen LogP contribution in [0.3, 0.4) is 0 Å². The summed E-state index contributed by atoms with van der Waals surface area (Å²) in [5.74, 6) is -0.291. The Balaban J connectivity index is 1.86. The van der Waals surface area contributed by atoms with Crippen LogP contribution in [0.4, 0.5) is 20.6 Å². The van der Waals surface area contributed by atoms with Crippen molar-refractivity contribution >= 4 is 40.6 Å². The first kappa shape index (κ1) is 16.9.